The first-order valence-electron chi connectivity index (χ1n) is 8.05. The van der Waals surface area contributed by atoms with Crippen LogP contribution in [0.1, 0.15) is 22.8 Å². The van der Waals surface area contributed by atoms with E-state index in [0.717, 1.165) is 43.0 Å². The van der Waals surface area contributed by atoms with Crippen molar-refractivity contribution in [3.8, 4) is 0 Å². The van der Waals surface area contributed by atoms with Gasteiger partial charge in [-0.1, -0.05) is 6.07 Å². The van der Waals surface area contributed by atoms with Gasteiger partial charge < -0.3 is 4.90 Å². The Kier molecular flexibility index (Phi) is 4.90. The van der Waals surface area contributed by atoms with Gasteiger partial charge in [-0.3, -0.25) is 9.69 Å². The topological polar surface area (TPSA) is 23.6 Å². The normalized spacial score (nSPS) is 15.5. The van der Waals surface area contributed by atoms with E-state index in [0.29, 0.717) is 6.54 Å². The number of Topliss-reactive ketones (excluding diaryl/α,β-unsaturated/α-hetero) is 1. The fraction of sp³-hybridized carbons (Fsp3) is 0.316. The van der Waals surface area contributed by atoms with Gasteiger partial charge in [0.2, 0.25) is 0 Å². The zero-order chi connectivity index (χ0) is 17.1. The summed E-state index contributed by atoms with van der Waals surface area (Å²) in [4.78, 5) is 15.8. The minimum absolute atomic E-state index is 0.0675. The highest BCUT2D eigenvalue weighted by Crippen LogP contribution is 2.19. The molecular formula is C19H20F2N2O. The third-order valence-corrected chi connectivity index (χ3v) is 4.40. The van der Waals surface area contributed by atoms with Gasteiger partial charge in [0.15, 0.2) is 17.4 Å². The zero-order valence-electron chi connectivity index (χ0n) is 13.6. The molecule has 1 fully saturated rings. The lowest BCUT2D eigenvalue weighted by atomic mass is 10.1. The number of hydrogen-bond acceptors (Lipinski definition) is 3. The molecule has 0 saturated carbocycles. The van der Waals surface area contributed by atoms with Crippen molar-refractivity contribution in [3.63, 3.8) is 0 Å². The van der Waals surface area contributed by atoms with Crippen LogP contribution in [0.15, 0.2) is 42.5 Å². The summed E-state index contributed by atoms with van der Waals surface area (Å²) in [6.45, 7) is 5.62. The average molecular weight is 330 g/mol. The lowest BCUT2D eigenvalue weighted by Gasteiger charge is -2.36. The molecule has 0 N–H and O–H groups in total. The standard InChI is InChI=1S/C19H20F2N2O/c1-14(24)16-3-5-17(6-4-16)23-10-8-22(9-11-23)13-15-2-7-18(20)19(21)12-15/h2-7,12H,8-11,13H2,1H3. The third kappa shape index (κ3) is 3.79. The Morgan fingerprint density at radius 3 is 2.21 bits per heavy atom. The molecule has 0 radical (unpaired) electrons. The monoisotopic (exact) mass is 330 g/mol. The summed E-state index contributed by atoms with van der Waals surface area (Å²) in [7, 11) is 0. The largest absolute Gasteiger partial charge is 0.369 e. The molecule has 3 rings (SSSR count). The first kappa shape index (κ1) is 16.6. The van der Waals surface area contributed by atoms with Gasteiger partial charge in [-0.05, 0) is 48.9 Å². The maximum absolute atomic E-state index is 13.3. The number of ketones is 1. The number of anilines is 1. The molecule has 2 aromatic rings. The fourth-order valence-electron chi connectivity index (χ4n) is 2.97. The van der Waals surface area contributed by atoms with E-state index >= 15 is 0 Å². The summed E-state index contributed by atoms with van der Waals surface area (Å²) in [6, 6.07) is 11.7. The van der Waals surface area contributed by atoms with Crippen LogP contribution in [0.4, 0.5) is 14.5 Å². The number of benzene rings is 2. The molecule has 0 bridgehead atoms. The van der Waals surface area contributed by atoms with Crippen LogP contribution >= 0.6 is 0 Å². The van der Waals surface area contributed by atoms with Gasteiger partial charge >= 0.3 is 0 Å². The number of carbonyl (C=O) groups is 1. The predicted molar refractivity (Wildman–Crippen MR) is 90.3 cm³/mol. The third-order valence-electron chi connectivity index (χ3n) is 4.40. The number of nitrogens with zero attached hydrogens (tertiary/aromatic N) is 2. The summed E-state index contributed by atoms with van der Waals surface area (Å²) >= 11 is 0. The fourth-order valence-corrected chi connectivity index (χ4v) is 2.97. The molecular weight excluding hydrogens is 310 g/mol. The Labute approximate surface area is 140 Å². The minimum atomic E-state index is -0.808. The molecule has 0 aromatic heterocycles. The first-order valence-corrected chi connectivity index (χ1v) is 8.05. The quantitative estimate of drug-likeness (QED) is 0.802. The summed E-state index contributed by atoms with van der Waals surface area (Å²) < 4.78 is 26.3. The van der Waals surface area contributed by atoms with Crippen LogP contribution in [0.5, 0.6) is 0 Å². The van der Waals surface area contributed by atoms with Crippen molar-refractivity contribution in [2.24, 2.45) is 0 Å². The molecule has 0 unspecified atom stereocenters. The Morgan fingerprint density at radius 2 is 1.62 bits per heavy atom. The number of hydrogen-bond donors (Lipinski definition) is 0. The highest BCUT2D eigenvalue weighted by Gasteiger charge is 2.18. The average Bonchev–Trinajstić information content (AvgIpc) is 2.59. The molecule has 0 spiro atoms. The summed E-state index contributed by atoms with van der Waals surface area (Å²) in [5.41, 5.74) is 2.61. The molecule has 126 valence electrons. The molecule has 1 saturated heterocycles. The Balaban J connectivity index is 1.57. The van der Waals surface area contributed by atoms with E-state index in [-0.39, 0.29) is 5.78 Å². The molecule has 3 nitrogen and oxygen atoms in total. The summed E-state index contributed by atoms with van der Waals surface area (Å²) in [5.74, 6) is -1.54. The van der Waals surface area contributed by atoms with Crippen LogP contribution in [0.3, 0.4) is 0 Å². The van der Waals surface area contributed by atoms with Gasteiger partial charge in [0.05, 0.1) is 0 Å². The van der Waals surface area contributed by atoms with Gasteiger partial charge in [-0.25, -0.2) is 8.78 Å². The smallest absolute Gasteiger partial charge is 0.159 e. The van der Waals surface area contributed by atoms with E-state index in [9.17, 15) is 13.6 Å². The van der Waals surface area contributed by atoms with Crippen molar-refractivity contribution in [2.75, 3.05) is 31.1 Å². The second kappa shape index (κ2) is 7.09. The van der Waals surface area contributed by atoms with E-state index in [1.165, 1.54) is 12.1 Å². The molecule has 0 aliphatic carbocycles. The molecule has 1 aliphatic rings. The van der Waals surface area contributed by atoms with Crippen molar-refractivity contribution in [1.29, 1.82) is 0 Å². The van der Waals surface area contributed by atoms with Gasteiger partial charge in [0, 0.05) is 44.0 Å². The molecule has 1 heterocycles. The van der Waals surface area contributed by atoms with Crippen LogP contribution in [-0.2, 0) is 6.54 Å². The molecule has 24 heavy (non-hydrogen) atoms. The van der Waals surface area contributed by atoms with E-state index in [2.05, 4.69) is 9.80 Å². The SMILES string of the molecule is CC(=O)c1ccc(N2CCN(Cc3ccc(F)c(F)c3)CC2)cc1. The Bertz CT molecular complexity index is 723. The Hall–Kier alpha value is -2.27. The lowest BCUT2D eigenvalue weighted by molar-refractivity contribution is 0.101. The number of halogens is 2. The van der Waals surface area contributed by atoms with Crippen molar-refractivity contribution in [2.45, 2.75) is 13.5 Å². The van der Waals surface area contributed by atoms with E-state index in [4.69, 9.17) is 0 Å². The van der Waals surface area contributed by atoms with Crippen LogP contribution in [-0.4, -0.2) is 36.9 Å². The molecule has 5 heteroatoms. The molecule has 1 aliphatic heterocycles. The number of carbonyl (C=O) groups excluding carboxylic acids is 1. The highest BCUT2D eigenvalue weighted by atomic mass is 19.2. The van der Waals surface area contributed by atoms with Gasteiger partial charge in [-0.2, -0.15) is 0 Å². The van der Waals surface area contributed by atoms with Crippen molar-refractivity contribution in [1.82, 2.24) is 4.90 Å². The lowest BCUT2D eigenvalue weighted by Crippen LogP contribution is -2.46. The number of rotatable bonds is 4. The summed E-state index contributed by atoms with van der Waals surface area (Å²) in [5, 5.41) is 0. The van der Waals surface area contributed by atoms with E-state index in [1.807, 2.05) is 24.3 Å². The van der Waals surface area contributed by atoms with Crippen LogP contribution in [0.2, 0.25) is 0 Å². The first-order chi connectivity index (χ1) is 11.5. The second-order valence-corrected chi connectivity index (χ2v) is 6.11. The Morgan fingerprint density at radius 1 is 0.958 bits per heavy atom. The zero-order valence-corrected chi connectivity index (χ0v) is 13.6. The minimum Gasteiger partial charge on any atom is -0.369 e. The second-order valence-electron chi connectivity index (χ2n) is 6.11. The van der Waals surface area contributed by atoms with Gasteiger partial charge in [-0.15, -0.1) is 0 Å². The van der Waals surface area contributed by atoms with Crippen LogP contribution in [0, 0.1) is 11.6 Å². The molecule has 2 aromatic carbocycles. The van der Waals surface area contributed by atoms with Gasteiger partial charge in [0.1, 0.15) is 0 Å². The molecule has 0 atom stereocenters. The van der Waals surface area contributed by atoms with Crippen LogP contribution < -0.4 is 4.90 Å². The van der Waals surface area contributed by atoms with E-state index in [1.54, 1.807) is 13.0 Å². The number of piperazine rings is 1. The maximum atomic E-state index is 13.3. The predicted octanol–water partition coefficient (Wildman–Crippen LogP) is 3.49. The van der Waals surface area contributed by atoms with E-state index < -0.39 is 11.6 Å². The van der Waals surface area contributed by atoms with Crippen molar-refractivity contribution >= 4 is 11.5 Å². The van der Waals surface area contributed by atoms with Crippen LogP contribution in [0.25, 0.3) is 0 Å². The molecule has 0 amide bonds. The van der Waals surface area contributed by atoms with Gasteiger partial charge in [0.25, 0.3) is 0 Å². The summed E-state index contributed by atoms with van der Waals surface area (Å²) in [6.07, 6.45) is 0. The maximum Gasteiger partial charge on any atom is 0.159 e. The highest BCUT2D eigenvalue weighted by molar-refractivity contribution is 5.94. The van der Waals surface area contributed by atoms with Crippen molar-refractivity contribution < 1.29 is 13.6 Å². The van der Waals surface area contributed by atoms with Crippen molar-refractivity contribution in [3.05, 3.63) is 65.2 Å².